The van der Waals surface area contributed by atoms with Crippen molar-refractivity contribution in [3.05, 3.63) is 35.9 Å². The fourth-order valence-electron chi connectivity index (χ4n) is 3.55. The smallest absolute Gasteiger partial charge is 0.407 e. The molecular weight excluding hydrogens is 354 g/mol. The van der Waals surface area contributed by atoms with E-state index in [1.807, 2.05) is 63.1 Å². The van der Waals surface area contributed by atoms with Crippen molar-refractivity contribution in [2.24, 2.45) is 5.92 Å². The maximum absolute atomic E-state index is 13.3. The van der Waals surface area contributed by atoms with Crippen molar-refractivity contribution < 1.29 is 14.3 Å². The molecule has 1 saturated heterocycles. The maximum atomic E-state index is 13.3. The van der Waals surface area contributed by atoms with Gasteiger partial charge in [-0.05, 0) is 58.7 Å². The summed E-state index contributed by atoms with van der Waals surface area (Å²) in [5, 5.41) is 2.85. The Hall–Kier alpha value is -2.08. The van der Waals surface area contributed by atoms with Gasteiger partial charge in [-0.25, -0.2) is 4.79 Å². The van der Waals surface area contributed by atoms with Gasteiger partial charge >= 0.3 is 6.09 Å². The van der Waals surface area contributed by atoms with Gasteiger partial charge < -0.3 is 15.0 Å². The second-order valence-electron chi connectivity index (χ2n) is 8.56. The number of nitrogens with zero attached hydrogens (tertiary/aromatic N) is 2. The van der Waals surface area contributed by atoms with Crippen molar-refractivity contribution in [3.8, 4) is 0 Å². The summed E-state index contributed by atoms with van der Waals surface area (Å²) in [6.07, 6.45) is 1.55. The minimum absolute atomic E-state index is 0.137. The van der Waals surface area contributed by atoms with Crippen LogP contribution in [0.4, 0.5) is 4.79 Å². The molecule has 6 nitrogen and oxygen atoms in total. The molecule has 1 fully saturated rings. The summed E-state index contributed by atoms with van der Waals surface area (Å²) in [6, 6.07) is 9.67. The Morgan fingerprint density at radius 1 is 1.29 bits per heavy atom. The maximum Gasteiger partial charge on any atom is 0.407 e. The third-order valence-electron chi connectivity index (χ3n) is 5.05. The molecule has 156 valence electrons. The molecule has 0 bridgehead atoms. The number of likely N-dealkylation sites (tertiary alicyclic amines) is 1. The molecule has 0 aromatic heterocycles. The number of nitrogens with one attached hydrogen (secondary N) is 1. The van der Waals surface area contributed by atoms with Gasteiger partial charge in [0.15, 0.2) is 0 Å². The minimum atomic E-state index is -0.508. The van der Waals surface area contributed by atoms with Gasteiger partial charge in [-0.2, -0.15) is 0 Å². The SMILES string of the molecule is CCN(C)C(C(=O)N1CCCC(CNC(=O)OC(C)(C)C)C1)c1ccccc1. The van der Waals surface area contributed by atoms with Crippen LogP contribution in [-0.4, -0.2) is 60.6 Å². The molecule has 0 aliphatic carbocycles. The molecular formula is C22H35N3O3. The van der Waals surface area contributed by atoms with E-state index in [2.05, 4.69) is 17.1 Å². The van der Waals surface area contributed by atoms with E-state index in [1.165, 1.54) is 0 Å². The van der Waals surface area contributed by atoms with Crippen LogP contribution < -0.4 is 5.32 Å². The number of benzene rings is 1. The highest BCUT2D eigenvalue weighted by molar-refractivity contribution is 5.83. The largest absolute Gasteiger partial charge is 0.444 e. The number of carbonyl (C=O) groups excluding carboxylic acids is 2. The molecule has 2 amide bonds. The first-order valence-corrected chi connectivity index (χ1v) is 10.2. The first-order chi connectivity index (χ1) is 13.2. The molecule has 0 spiro atoms. The first kappa shape index (κ1) is 22.2. The quantitative estimate of drug-likeness (QED) is 0.810. The van der Waals surface area contributed by atoms with Crippen molar-refractivity contribution in [2.45, 2.75) is 52.2 Å². The van der Waals surface area contributed by atoms with Crippen LogP contribution in [0, 0.1) is 5.92 Å². The van der Waals surface area contributed by atoms with Gasteiger partial charge in [0.25, 0.3) is 0 Å². The summed E-state index contributed by atoms with van der Waals surface area (Å²) in [5.41, 5.74) is 0.512. The average molecular weight is 390 g/mol. The molecule has 28 heavy (non-hydrogen) atoms. The van der Waals surface area contributed by atoms with Crippen LogP contribution in [0.2, 0.25) is 0 Å². The number of ether oxygens (including phenoxy) is 1. The average Bonchev–Trinajstić information content (AvgIpc) is 2.66. The van der Waals surface area contributed by atoms with Crippen molar-refractivity contribution in [1.82, 2.24) is 15.1 Å². The zero-order valence-electron chi connectivity index (χ0n) is 17.9. The predicted octanol–water partition coefficient (Wildman–Crippen LogP) is 3.44. The molecule has 2 atom stereocenters. The monoisotopic (exact) mass is 389 g/mol. The van der Waals surface area contributed by atoms with E-state index in [9.17, 15) is 9.59 Å². The Morgan fingerprint density at radius 3 is 2.57 bits per heavy atom. The Kier molecular flexibility index (Phi) is 7.87. The summed E-state index contributed by atoms with van der Waals surface area (Å²) in [4.78, 5) is 29.3. The van der Waals surface area contributed by atoms with E-state index in [4.69, 9.17) is 4.74 Å². The third-order valence-corrected chi connectivity index (χ3v) is 5.05. The first-order valence-electron chi connectivity index (χ1n) is 10.2. The molecule has 2 rings (SSSR count). The van der Waals surface area contributed by atoms with Gasteiger partial charge in [-0.15, -0.1) is 0 Å². The fourth-order valence-corrected chi connectivity index (χ4v) is 3.55. The third kappa shape index (κ3) is 6.51. The lowest BCUT2D eigenvalue weighted by Gasteiger charge is -2.37. The van der Waals surface area contributed by atoms with Crippen LogP contribution in [0.25, 0.3) is 0 Å². The normalized spacial score (nSPS) is 18.6. The Bertz CT molecular complexity index is 642. The summed E-state index contributed by atoms with van der Waals surface area (Å²) in [7, 11) is 1.99. The zero-order valence-corrected chi connectivity index (χ0v) is 17.9. The highest BCUT2D eigenvalue weighted by Gasteiger charge is 2.32. The number of rotatable bonds is 6. The molecule has 1 N–H and O–H groups in total. The molecule has 6 heteroatoms. The van der Waals surface area contributed by atoms with Crippen LogP contribution in [-0.2, 0) is 9.53 Å². The van der Waals surface area contributed by atoms with E-state index in [1.54, 1.807) is 0 Å². The topological polar surface area (TPSA) is 61.9 Å². The summed E-state index contributed by atoms with van der Waals surface area (Å²) in [6.45, 7) is 10.4. The van der Waals surface area contributed by atoms with E-state index >= 15 is 0 Å². The highest BCUT2D eigenvalue weighted by Crippen LogP contribution is 2.25. The van der Waals surface area contributed by atoms with Crippen LogP contribution in [0.3, 0.4) is 0 Å². The molecule has 2 unspecified atom stereocenters. The molecule has 0 saturated carbocycles. The molecule has 1 heterocycles. The van der Waals surface area contributed by atoms with Crippen LogP contribution in [0.1, 0.15) is 52.1 Å². The zero-order chi connectivity index (χ0) is 20.7. The molecule has 1 aromatic rings. The van der Waals surface area contributed by atoms with E-state index < -0.39 is 11.7 Å². The fraction of sp³-hybridized carbons (Fsp3) is 0.636. The number of carbonyl (C=O) groups is 2. The Morgan fingerprint density at radius 2 is 1.96 bits per heavy atom. The predicted molar refractivity (Wildman–Crippen MR) is 111 cm³/mol. The summed E-state index contributed by atoms with van der Waals surface area (Å²) >= 11 is 0. The molecule has 1 aromatic carbocycles. The van der Waals surface area contributed by atoms with Crippen LogP contribution in [0.5, 0.6) is 0 Å². The number of alkyl carbamates (subject to hydrolysis) is 1. The number of piperidine rings is 1. The van der Waals surface area contributed by atoms with Gasteiger partial charge in [0.05, 0.1) is 0 Å². The number of hydrogen-bond acceptors (Lipinski definition) is 4. The van der Waals surface area contributed by atoms with E-state index in [-0.39, 0.29) is 17.9 Å². The molecule has 1 aliphatic heterocycles. The molecule has 0 radical (unpaired) electrons. The second kappa shape index (κ2) is 9.92. The minimum Gasteiger partial charge on any atom is -0.444 e. The lowest BCUT2D eigenvalue weighted by Crippen LogP contribution is -2.48. The lowest BCUT2D eigenvalue weighted by molar-refractivity contribution is -0.138. The number of amides is 2. The van der Waals surface area contributed by atoms with Crippen LogP contribution in [0.15, 0.2) is 30.3 Å². The van der Waals surface area contributed by atoms with Crippen LogP contribution >= 0.6 is 0 Å². The summed E-state index contributed by atoms with van der Waals surface area (Å²) < 4.78 is 5.31. The number of likely N-dealkylation sites (N-methyl/N-ethyl adjacent to an activating group) is 1. The van der Waals surface area contributed by atoms with Crippen molar-refractivity contribution in [2.75, 3.05) is 33.2 Å². The van der Waals surface area contributed by atoms with Crippen molar-refractivity contribution in [1.29, 1.82) is 0 Å². The van der Waals surface area contributed by atoms with Gasteiger partial charge in [0.2, 0.25) is 5.91 Å². The summed E-state index contributed by atoms with van der Waals surface area (Å²) in [5.74, 6) is 0.381. The van der Waals surface area contributed by atoms with Crippen molar-refractivity contribution in [3.63, 3.8) is 0 Å². The van der Waals surface area contributed by atoms with E-state index in [0.717, 1.165) is 31.5 Å². The van der Waals surface area contributed by atoms with Gasteiger partial charge in [-0.3, -0.25) is 9.69 Å². The van der Waals surface area contributed by atoms with Gasteiger partial charge in [0, 0.05) is 19.6 Å². The van der Waals surface area contributed by atoms with E-state index in [0.29, 0.717) is 13.1 Å². The lowest BCUT2D eigenvalue weighted by atomic mass is 9.96. The molecule has 1 aliphatic rings. The highest BCUT2D eigenvalue weighted by atomic mass is 16.6. The van der Waals surface area contributed by atoms with Crippen molar-refractivity contribution >= 4 is 12.0 Å². The standard InChI is InChI=1S/C22H35N3O3/c1-6-24(5)19(18-12-8-7-9-13-18)20(26)25-14-10-11-17(16-25)15-23-21(27)28-22(2,3)4/h7-9,12-13,17,19H,6,10-11,14-16H2,1-5H3,(H,23,27). The number of hydrogen-bond donors (Lipinski definition) is 1. The van der Waals surface area contributed by atoms with Gasteiger partial charge in [0.1, 0.15) is 11.6 Å². The second-order valence-corrected chi connectivity index (χ2v) is 8.56. The van der Waals surface area contributed by atoms with Gasteiger partial charge in [-0.1, -0.05) is 37.3 Å². The Labute approximate surface area is 169 Å². The Balaban J connectivity index is 1.99.